The molecular formula is C21H22N6OS. The molecule has 0 saturated heterocycles. The van der Waals surface area contributed by atoms with E-state index < -0.39 is 6.17 Å². The number of rotatable bonds is 4. The number of nitrogens with zero attached hydrogens (tertiary/aromatic N) is 2. The highest BCUT2D eigenvalue weighted by Crippen LogP contribution is 2.29. The van der Waals surface area contributed by atoms with Crippen LogP contribution in [-0.2, 0) is 4.79 Å². The number of amidine groups is 1. The summed E-state index contributed by atoms with van der Waals surface area (Å²) in [5.74, 6) is 0.401. The van der Waals surface area contributed by atoms with Crippen molar-refractivity contribution in [3.63, 3.8) is 0 Å². The van der Waals surface area contributed by atoms with Crippen LogP contribution in [0.5, 0.6) is 0 Å². The highest BCUT2D eigenvalue weighted by atomic mass is 32.2. The van der Waals surface area contributed by atoms with Gasteiger partial charge < -0.3 is 21.4 Å². The van der Waals surface area contributed by atoms with Crippen molar-refractivity contribution in [2.45, 2.75) is 20.0 Å². The number of aliphatic imine (C=N–C) groups is 2. The molecule has 29 heavy (non-hydrogen) atoms. The van der Waals surface area contributed by atoms with Crippen LogP contribution in [0.4, 0.5) is 5.69 Å². The van der Waals surface area contributed by atoms with Crippen molar-refractivity contribution in [3.05, 3.63) is 65.4 Å². The number of anilines is 1. The van der Waals surface area contributed by atoms with Crippen LogP contribution in [0.3, 0.4) is 0 Å². The minimum atomic E-state index is -0.447. The quantitative estimate of drug-likeness (QED) is 0.532. The largest absolute Gasteiger partial charge is 0.370 e. The molecule has 0 saturated carbocycles. The molecule has 1 unspecified atom stereocenters. The third kappa shape index (κ3) is 4.12. The molecule has 0 bridgehead atoms. The van der Waals surface area contributed by atoms with E-state index >= 15 is 0 Å². The third-order valence-corrected chi connectivity index (χ3v) is 5.74. The molecule has 2 aromatic carbocycles. The lowest BCUT2D eigenvalue weighted by Gasteiger charge is -2.18. The fourth-order valence-electron chi connectivity index (χ4n) is 3.17. The van der Waals surface area contributed by atoms with Crippen molar-refractivity contribution in [1.82, 2.24) is 10.3 Å². The van der Waals surface area contributed by atoms with Crippen LogP contribution in [0.1, 0.15) is 22.9 Å². The number of nitrogens with one attached hydrogen (secondary N) is 3. The van der Waals surface area contributed by atoms with Crippen LogP contribution in [0.15, 0.2) is 58.6 Å². The van der Waals surface area contributed by atoms with E-state index in [9.17, 15) is 4.79 Å². The molecule has 148 valence electrons. The van der Waals surface area contributed by atoms with Gasteiger partial charge in [-0.05, 0) is 37.1 Å². The summed E-state index contributed by atoms with van der Waals surface area (Å²) in [5.41, 5.74) is 11.0. The maximum absolute atomic E-state index is 12.4. The number of thioether (sulfide) groups is 1. The highest BCUT2D eigenvalue weighted by molar-refractivity contribution is 8.14. The first-order chi connectivity index (χ1) is 14.0. The number of aryl methyl sites for hydroxylation is 1. The first-order valence-electron chi connectivity index (χ1n) is 9.24. The van der Waals surface area contributed by atoms with Crippen molar-refractivity contribution < 1.29 is 4.79 Å². The summed E-state index contributed by atoms with van der Waals surface area (Å²) in [4.78, 5) is 24.7. The zero-order valence-corrected chi connectivity index (χ0v) is 17.0. The number of carbonyl (C=O) groups is 1. The van der Waals surface area contributed by atoms with Crippen LogP contribution in [-0.4, -0.2) is 27.8 Å². The number of fused-ring (bicyclic) bond motifs is 1. The maximum Gasteiger partial charge on any atom is 0.234 e. The molecule has 7 nitrogen and oxygen atoms in total. The van der Waals surface area contributed by atoms with Crippen LogP contribution < -0.4 is 16.4 Å². The predicted octanol–water partition coefficient (Wildman–Crippen LogP) is 3.43. The van der Waals surface area contributed by atoms with Crippen LogP contribution >= 0.6 is 11.8 Å². The lowest BCUT2D eigenvalue weighted by molar-refractivity contribution is -0.113. The van der Waals surface area contributed by atoms with Crippen LogP contribution in [0.2, 0.25) is 0 Å². The topological polar surface area (TPSA) is 108 Å². The van der Waals surface area contributed by atoms with E-state index in [0.29, 0.717) is 5.17 Å². The van der Waals surface area contributed by atoms with E-state index in [1.165, 1.54) is 11.8 Å². The number of guanidine groups is 1. The van der Waals surface area contributed by atoms with E-state index in [1.54, 1.807) is 0 Å². The number of H-pyrrole nitrogens is 1. The van der Waals surface area contributed by atoms with E-state index in [4.69, 9.17) is 5.73 Å². The summed E-state index contributed by atoms with van der Waals surface area (Å²) in [7, 11) is 0. The number of hydrogen-bond donors (Lipinski definition) is 4. The Labute approximate surface area is 172 Å². The van der Waals surface area contributed by atoms with E-state index in [0.717, 1.165) is 33.3 Å². The number of nitrogens with two attached hydrogens (primary N) is 1. The van der Waals surface area contributed by atoms with Gasteiger partial charge in [-0.15, -0.1) is 0 Å². The molecule has 1 atom stereocenters. The molecule has 0 aliphatic carbocycles. The first kappa shape index (κ1) is 19.1. The number of para-hydroxylation sites is 1. The van der Waals surface area contributed by atoms with Crippen molar-refractivity contribution in [2.24, 2.45) is 15.7 Å². The SMILES string of the molecule is Cc1cccc(NC(=O)CSC2=NC(c3c[nH]c4ccccc34)N=C(N)N2)c1C. The van der Waals surface area contributed by atoms with Gasteiger partial charge in [-0.1, -0.05) is 42.1 Å². The Hall–Kier alpha value is -3.26. The molecule has 3 aromatic rings. The molecule has 0 spiro atoms. The number of aromatic amines is 1. The Balaban J connectivity index is 1.46. The molecule has 1 amide bonds. The Morgan fingerprint density at radius 2 is 2.00 bits per heavy atom. The van der Waals surface area contributed by atoms with Gasteiger partial charge in [-0.25, -0.2) is 9.98 Å². The van der Waals surface area contributed by atoms with E-state index in [-0.39, 0.29) is 17.6 Å². The molecule has 1 aliphatic heterocycles. The van der Waals surface area contributed by atoms with Gasteiger partial charge >= 0.3 is 0 Å². The van der Waals surface area contributed by atoms with Crippen molar-refractivity contribution >= 4 is 45.4 Å². The lowest BCUT2D eigenvalue weighted by Crippen LogP contribution is -2.39. The first-order valence-corrected chi connectivity index (χ1v) is 10.2. The zero-order chi connectivity index (χ0) is 20.4. The van der Waals surface area contributed by atoms with E-state index in [1.807, 2.05) is 62.5 Å². The van der Waals surface area contributed by atoms with Gasteiger partial charge in [-0.2, -0.15) is 0 Å². The lowest BCUT2D eigenvalue weighted by atomic mass is 10.1. The normalized spacial score (nSPS) is 16.1. The molecule has 1 aromatic heterocycles. The summed E-state index contributed by atoms with van der Waals surface area (Å²) >= 11 is 1.30. The van der Waals surface area contributed by atoms with Gasteiger partial charge in [0.15, 0.2) is 17.3 Å². The van der Waals surface area contributed by atoms with Crippen molar-refractivity contribution in [3.8, 4) is 0 Å². The summed E-state index contributed by atoms with van der Waals surface area (Å²) in [6.07, 6.45) is 1.45. The monoisotopic (exact) mass is 406 g/mol. The number of carbonyl (C=O) groups excluding carboxylic acids is 1. The Bertz CT molecular complexity index is 1130. The van der Waals surface area contributed by atoms with Gasteiger partial charge in [0.1, 0.15) is 0 Å². The standard InChI is InChI=1S/C21H22N6OS/c1-12-6-5-9-16(13(12)2)24-18(28)11-29-21-26-19(25-20(22)27-21)15-10-23-17-8-4-3-7-14(15)17/h3-10,19,23H,11H2,1-2H3,(H,24,28)(H3,22,25,26,27). The average molecular weight is 407 g/mol. The predicted molar refractivity (Wildman–Crippen MR) is 120 cm³/mol. The number of hydrogen-bond acceptors (Lipinski definition) is 6. The second-order valence-corrected chi connectivity index (χ2v) is 7.79. The fourth-order valence-corrected chi connectivity index (χ4v) is 3.86. The molecule has 5 N–H and O–H groups in total. The van der Waals surface area contributed by atoms with Crippen LogP contribution in [0.25, 0.3) is 10.9 Å². The molecular weight excluding hydrogens is 384 g/mol. The number of amides is 1. The minimum absolute atomic E-state index is 0.0991. The fraction of sp³-hybridized carbons (Fsp3) is 0.190. The van der Waals surface area contributed by atoms with Gasteiger partial charge in [0, 0.05) is 28.4 Å². The summed E-state index contributed by atoms with van der Waals surface area (Å²) < 4.78 is 0. The van der Waals surface area contributed by atoms with Gasteiger partial charge in [0.05, 0.1) is 5.75 Å². The highest BCUT2D eigenvalue weighted by Gasteiger charge is 2.20. The van der Waals surface area contributed by atoms with Gasteiger partial charge in [0.2, 0.25) is 5.91 Å². The molecule has 1 aliphatic rings. The second kappa shape index (κ2) is 8.00. The maximum atomic E-state index is 12.4. The summed E-state index contributed by atoms with van der Waals surface area (Å²) in [6.45, 7) is 4.02. The molecule has 0 fully saturated rings. The Morgan fingerprint density at radius 3 is 2.86 bits per heavy atom. The zero-order valence-electron chi connectivity index (χ0n) is 16.2. The molecule has 4 rings (SSSR count). The minimum Gasteiger partial charge on any atom is -0.370 e. The van der Waals surface area contributed by atoms with Crippen molar-refractivity contribution in [1.29, 1.82) is 0 Å². The second-order valence-electron chi connectivity index (χ2n) is 6.82. The van der Waals surface area contributed by atoms with Gasteiger partial charge in [0.25, 0.3) is 0 Å². The summed E-state index contributed by atoms with van der Waals surface area (Å²) in [5, 5.41) is 7.53. The molecule has 0 radical (unpaired) electrons. The number of benzene rings is 2. The third-order valence-electron chi connectivity index (χ3n) is 4.85. The Morgan fingerprint density at radius 1 is 1.17 bits per heavy atom. The average Bonchev–Trinajstić information content (AvgIpc) is 3.14. The van der Waals surface area contributed by atoms with E-state index in [2.05, 4.69) is 25.6 Å². The van der Waals surface area contributed by atoms with Gasteiger partial charge in [-0.3, -0.25) is 4.79 Å². The smallest absolute Gasteiger partial charge is 0.234 e. The number of aromatic nitrogens is 1. The molecule has 8 heteroatoms. The summed E-state index contributed by atoms with van der Waals surface area (Å²) in [6, 6.07) is 13.8. The van der Waals surface area contributed by atoms with Crippen molar-refractivity contribution in [2.75, 3.05) is 11.1 Å². The van der Waals surface area contributed by atoms with Crippen LogP contribution in [0, 0.1) is 13.8 Å². The molecule has 2 heterocycles. The Kier molecular flexibility index (Phi) is 5.26.